The van der Waals surface area contributed by atoms with Gasteiger partial charge in [0.25, 0.3) is 11.8 Å². The van der Waals surface area contributed by atoms with Gasteiger partial charge in [0.2, 0.25) is 11.2 Å². The molecule has 5 rings (SSSR count). The molecule has 0 spiro atoms. The van der Waals surface area contributed by atoms with E-state index >= 15 is 0 Å². The van der Waals surface area contributed by atoms with Crippen LogP contribution in [0.15, 0.2) is 45.9 Å². The van der Waals surface area contributed by atoms with Crippen molar-refractivity contribution in [3.63, 3.8) is 0 Å². The predicted octanol–water partition coefficient (Wildman–Crippen LogP) is 0.456. The van der Waals surface area contributed by atoms with Gasteiger partial charge < -0.3 is 21.0 Å². The molecule has 1 saturated heterocycles. The number of nitrogens with zero attached hydrogens (tertiary/aromatic N) is 5. The summed E-state index contributed by atoms with van der Waals surface area (Å²) in [6.45, 7) is -0.859. The minimum atomic E-state index is -1.21. The molecule has 188 valence electrons. The summed E-state index contributed by atoms with van der Waals surface area (Å²) in [5.41, 5.74) is 6.00. The molecule has 36 heavy (non-hydrogen) atoms. The summed E-state index contributed by atoms with van der Waals surface area (Å²) in [7, 11) is 0. The average Bonchev–Trinajstić information content (AvgIpc) is 3.56. The molecule has 0 saturated carbocycles. The maximum Gasteiger partial charge on any atom is 0.352 e. The Morgan fingerprint density at radius 2 is 2.25 bits per heavy atom. The summed E-state index contributed by atoms with van der Waals surface area (Å²) >= 11 is 3.99. The normalized spacial score (nSPS) is 19.9. The van der Waals surface area contributed by atoms with Crippen LogP contribution in [0.5, 0.6) is 0 Å². The highest BCUT2D eigenvalue weighted by atomic mass is 32.2. The molecule has 1 fully saturated rings. The summed E-state index contributed by atoms with van der Waals surface area (Å²) in [6.07, 6.45) is 5.67. The third-order valence-corrected chi connectivity index (χ3v) is 8.26. The minimum Gasteiger partial charge on any atom is -0.477 e. The van der Waals surface area contributed by atoms with Gasteiger partial charge in [-0.05, 0) is 0 Å². The zero-order chi connectivity index (χ0) is 25.4. The molecule has 3 aromatic heterocycles. The molecule has 0 radical (unpaired) electrons. The van der Waals surface area contributed by atoms with E-state index in [1.54, 1.807) is 11.3 Å². The molecule has 16 heteroatoms. The molecule has 2 aliphatic rings. The van der Waals surface area contributed by atoms with E-state index in [1.807, 2.05) is 33.1 Å². The van der Waals surface area contributed by atoms with Crippen LogP contribution in [0.2, 0.25) is 0 Å². The number of anilines is 1. The minimum absolute atomic E-state index is 0.0799. The number of fused-ring (bicyclic) bond motifs is 2. The Labute approximate surface area is 214 Å². The zero-order valence-corrected chi connectivity index (χ0v) is 20.8. The van der Waals surface area contributed by atoms with E-state index in [-0.39, 0.29) is 28.8 Å². The van der Waals surface area contributed by atoms with Crippen LogP contribution < -0.4 is 15.6 Å². The highest BCUT2D eigenvalue weighted by Gasteiger charge is 2.54. The third kappa shape index (κ3) is 4.42. The summed E-state index contributed by atoms with van der Waals surface area (Å²) in [5, 5.41) is 19.2. The molecular formula is C20H19FN7O5S3+. The Hall–Kier alpha value is -3.50. The summed E-state index contributed by atoms with van der Waals surface area (Å²) < 4.78 is 16.2. The summed E-state index contributed by atoms with van der Waals surface area (Å²) in [6, 6.07) is -0.978. The predicted molar refractivity (Wildman–Crippen MR) is 130 cm³/mol. The van der Waals surface area contributed by atoms with Gasteiger partial charge in [0.1, 0.15) is 55.0 Å². The molecule has 3 aromatic rings. The average molecular weight is 553 g/mol. The number of β-lactam (4-membered cyclic amide) rings is 1. The largest absolute Gasteiger partial charge is 0.477 e. The number of oxime groups is 1. The van der Waals surface area contributed by atoms with Crippen molar-refractivity contribution in [3.05, 3.63) is 46.4 Å². The lowest BCUT2D eigenvalue weighted by atomic mass is 10.0. The number of rotatable bonds is 9. The second-order valence-corrected chi connectivity index (χ2v) is 10.6. The molecule has 2 amide bonds. The van der Waals surface area contributed by atoms with Crippen molar-refractivity contribution in [2.45, 2.75) is 18.0 Å². The van der Waals surface area contributed by atoms with Crippen LogP contribution >= 0.6 is 34.4 Å². The number of nitrogens with two attached hydrogens (primary N) is 1. The number of carboxylic acid groups (broad SMARTS) is 1. The lowest BCUT2D eigenvalue weighted by Crippen LogP contribution is -2.71. The van der Waals surface area contributed by atoms with Crippen molar-refractivity contribution >= 4 is 67.9 Å². The molecule has 5 heterocycles. The van der Waals surface area contributed by atoms with Crippen molar-refractivity contribution < 1.29 is 33.3 Å². The van der Waals surface area contributed by atoms with E-state index < -0.39 is 35.9 Å². The number of imidazole rings is 1. The first kappa shape index (κ1) is 24.2. The maximum absolute atomic E-state index is 13.0. The van der Waals surface area contributed by atoms with E-state index in [2.05, 4.69) is 15.5 Å². The van der Waals surface area contributed by atoms with Crippen molar-refractivity contribution in [2.24, 2.45) is 5.16 Å². The number of alkyl halides is 1. The molecule has 0 aromatic carbocycles. The van der Waals surface area contributed by atoms with Gasteiger partial charge in [-0.25, -0.2) is 18.7 Å². The Morgan fingerprint density at radius 1 is 1.42 bits per heavy atom. The quantitative estimate of drug-likeness (QED) is 0.114. The van der Waals surface area contributed by atoms with Crippen molar-refractivity contribution in [2.75, 3.05) is 24.8 Å². The number of thiazole rings is 2. The smallest absolute Gasteiger partial charge is 0.352 e. The SMILES string of the molecule is Nc1nc(/C(=N/OCCF)C(=O)N[C@@H]2C(=O)N3C(C(=O)O)=C(C[n+]4cc5sccn5c4)CS[C@H]23)cs1. The molecule has 2 aliphatic heterocycles. The Kier molecular flexibility index (Phi) is 6.63. The van der Waals surface area contributed by atoms with Gasteiger partial charge in [-0.3, -0.25) is 14.5 Å². The molecule has 4 N–H and O–H groups in total. The van der Waals surface area contributed by atoms with E-state index in [9.17, 15) is 23.9 Å². The fourth-order valence-corrected chi connectivity index (χ4v) is 6.53. The van der Waals surface area contributed by atoms with Crippen LogP contribution in [-0.4, -0.2) is 73.3 Å². The fraction of sp³-hybridized carbons (Fsp3) is 0.300. The van der Waals surface area contributed by atoms with E-state index in [0.29, 0.717) is 17.9 Å². The van der Waals surface area contributed by atoms with Crippen LogP contribution in [-0.2, 0) is 25.8 Å². The first-order valence-corrected chi connectivity index (χ1v) is 13.3. The fourth-order valence-electron chi connectivity index (χ4n) is 3.89. The van der Waals surface area contributed by atoms with Gasteiger partial charge in [-0.1, -0.05) is 16.5 Å². The standard InChI is InChI=1S/C20H18FN7O5S3/c21-1-3-33-25-13(11-8-36-20(22)23-11)16(29)24-14-17(30)28-15(19(31)32)10(7-35-18(14)28)5-26-6-12-27(9-26)2-4-34-12/h2,4,6,8-9,14,18H,1,3,5,7H2,(H3-,22,23,24,29,31,32)/p+1/b25-13-/t14-,18-/m1/s1. The highest BCUT2D eigenvalue weighted by molar-refractivity contribution is 8.00. The third-order valence-electron chi connectivity index (χ3n) is 5.43. The number of carbonyl (C=O) groups excluding carboxylic acids is 2. The molecule has 12 nitrogen and oxygen atoms in total. The van der Waals surface area contributed by atoms with E-state index in [1.165, 1.54) is 22.0 Å². The Morgan fingerprint density at radius 3 is 2.94 bits per heavy atom. The summed E-state index contributed by atoms with van der Waals surface area (Å²) in [5.74, 6) is -2.17. The molecule has 0 bridgehead atoms. The van der Waals surface area contributed by atoms with Gasteiger partial charge in [0.15, 0.2) is 10.8 Å². The molecular weight excluding hydrogens is 533 g/mol. The number of amides is 2. The lowest BCUT2D eigenvalue weighted by Gasteiger charge is -2.49. The molecule has 2 atom stereocenters. The number of nitrogen functional groups attached to an aromatic ring is 1. The Bertz CT molecular complexity index is 1380. The van der Waals surface area contributed by atoms with Gasteiger partial charge in [-0.15, -0.1) is 23.1 Å². The number of thioether (sulfide) groups is 1. The van der Waals surface area contributed by atoms with Gasteiger partial charge in [0.05, 0.1) is 0 Å². The first-order valence-electron chi connectivity index (χ1n) is 10.5. The van der Waals surface area contributed by atoms with E-state index in [4.69, 9.17) is 10.6 Å². The number of carboxylic acids is 1. The summed E-state index contributed by atoms with van der Waals surface area (Å²) in [4.78, 5) is 49.1. The number of hydrogen-bond acceptors (Lipinski definition) is 10. The highest BCUT2D eigenvalue weighted by Crippen LogP contribution is 2.40. The molecule has 0 unspecified atom stereocenters. The number of aromatic nitrogens is 3. The van der Waals surface area contributed by atoms with Gasteiger partial charge >= 0.3 is 5.97 Å². The second kappa shape index (κ2) is 9.87. The van der Waals surface area contributed by atoms with Crippen LogP contribution in [0.3, 0.4) is 0 Å². The van der Waals surface area contributed by atoms with Crippen LogP contribution in [0.1, 0.15) is 5.69 Å². The molecule has 0 aliphatic carbocycles. The monoisotopic (exact) mass is 552 g/mol. The Balaban J connectivity index is 1.34. The number of hydrogen-bond donors (Lipinski definition) is 3. The van der Waals surface area contributed by atoms with Crippen molar-refractivity contribution in [3.8, 4) is 0 Å². The van der Waals surface area contributed by atoms with Crippen LogP contribution in [0, 0.1) is 0 Å². The van der Waals surface area contributed by atoms with Gasteiger partial charge in [-0.2, -0.15) is 4.40 Å². The second-order valence-electron chi connectivity index (χ2n) is 7.72. The van der Waals surface area contributed by atoms with Crippen LogP contribution in [0.4, 0.5) is 9.52 Å². The zero-order valence-electron chi connectivity index (χ0n) is 18.4. The number of aliphatic carboxylic acids is 1. The lowest BCUT2D eigenvalue weighted by molar-refractivity contribution is -0.687. The van der Waals surface area contributed by atoms with Crippen LogP contribution in [0.25, 0.3) is 4.83 Å². The van der Waals surface area contributed by atoms with E-state index in [0.717, 1.165) is 16.2 Å². The van der Waals surface area contributed by atoms with Crippen molar-refractivity contribution in [1.82, 2.24) is 19.6 Å². The topological polar surface area (TPSA) is 155 Å². The van der Waals surface area contributed by atoms with Gasteiger partial charge in [0, 0.05) is 22.1 Å². The van der Waals surface area contributed by atoms with Crippen molar-refractivity contribution in [1.29, 1.82) is 0 Å². The first-order chi connectivity index (χ1) is 17.4. The number of halogens is 1. The maximum atomic E-state index is 13.0. The number of carbonyl (C=O) groups is 3. The number of nitrogens with one attached hydrogen (secondary N) is 1.